The van der Waals surface area contributed by atoms with Gasteiger partial charge in [0, 0.05) is 29.6 Å². The molecule has 0 aliphatic carbocycles. The Morgan fingerprint density at radius 1 is 0.852 bits per heavy atom. The van der Waals surface area contributed by atoms with Crippen LogP contribution in [0.3, 0.4) is 0 Å². The van der Waals surface area contributed by atoms with Gasteiger partial charge < -0.3 is 13.3 Å². The van der Waals surface area contributed by atoms with Crippen molar-refractivity contribution in [1.82, 2.24) is 0 Å². The van der Waals surface area contributed by atoms with Crippen LogP contribution in [0.5, 0.6) is 0 Å². The number of allylic oxidation sites excluding steroid dienone is 2. The monoisotopic (exact) mass is 436 g/mol. The molecular formula is C20H28O3S2Si2. The van der Waals surface area contributed by atoms with Gasteiger partial charge in [-0.1, -0.05) is 6.07 Å². The van der Waals surface area contributed by atoms with E-state index in [4.69, 9.17) is 13.3 Å². The van der Waals surface area contributed by atoms with Gasteiger partial charge in [0.15, 0.2) is 0 Å². The van der Waals surface area contributed by atoms with Crippen LogP contribution < -0.4 is 4.50 Å². The molecule has 3 heterocycles. The summed E-state index contributed by atoms with van der Waals surface area (Å²) >= 11 is 3.66. The second-order valence-corrected chi connectivity index (χ2v) is 13.1. The lowest BCUT2D eigenvalue weighted by Gasteiger charge is -2.27. The molecule has 146 valence electrons. The van der Waals surface area contributed by atoms with Gasteiger partial charge in [-0.05, 0) is 79.7 Å². The topological polar surface area (TPSA) is 27.7 Å². The maximum absolute atomic E-state index is 6.09. The van der Waals surface area contributed by atoms with Gasteiger partial charge >= 0.3 is 8.80 Å². The summed E-state index contributed by atoms with van der Waals surface area (Å²) in [5.41, 5.74) is 2.92. The van der Waals surface area contributed by atoms with Crippen LogP contribution in [0.15, 0.2) is 40.8 Å². The number of hydrogen-bond acceptors (Lipinski definition) is 5. The summed E-state index contributed by atoms with van der Waals surface area (Å²) in [4.78, 5) is 2.79. The zero-order valence-corrected chi connectivity index (χ0v) is 20.8. The normalized spacial score (nSPS) is 16.2. The molecule has 0 saturated carbocycles. The van der Waals surface area contributed by atoms with E-state index in [1.807, 2.05) is 32.1 Å². The molecule has 1 aliphatic rings. The van der Waals surface area contributed by atoms with Gasteiger partial charge in [0.1, 0.15) is 0 Å². The molecule has 1 aliphatic heterocycles. The molecule has 3 nitrogen and oxygen atoms in total. The summed E-state index contributed by atoms with van der Waals surface area (Å²) in [5.74, 6) is 0. The van der Waals surface area contributed by atoms with E-state index >= 15 is 0 Å². The molecule has 0 bridgehead atoms. The average Bonchev–Trinajstić information content (AvgIpc) is 3.38. The smallest absolute Gasteiger partial charge is 0.370 e. The van der Waals surface area contributed by atoms with Gasteiger partial charge in [0.2, 0.25) is 0 Å². The van der Waals surface area contributed by atoms with Crippen LogP contribution in [-0.2, 0) is 13.3 Å². The fraction of sp³-hybridized carbons (Fsp3) is 0.400. The molecule has 0 N–H and O–H groups in total. The zero-order chi connectivity index (χ0) is 19.4. The molecule has 0 atom stereocenters. The molecule has 2 aromatic heterocycles. The average molecular weight is 437 g/mol. The minimum Gasteiger partial charge on any atom is -0.370 e. The Balaban J connectivity index is 1.91. The van der Waals surface area contributed by atoms with Crippen molar-refractivity contribution in [2.45, 2.75) is 34.6 Å². The Kier molecular flexibility index (Phi) is 7.07. The van der Waals surface area contributed by atoms with Gasteiger partial charge in [0.05, 0.1) is 14.0 Å². The minimum atomic E-state index is -2.81. The van der Waals surface area contributed by atoms with E-state index in [0.717, 1.165) is 4.50 Å². The zero-order valence-electron chi connectivity index (χ0n) is 16.8. The summed E-state index contributed by atoms with van der Waals surface area (Å²) in [7, 11) is -3.29. The first-order valence-corrected chi connectivity index (χ1v) is 14.4. The van der Waals surface area contributed by atoms with Crippen LogP contribution in [0.25, 0.3) is 10.4 Å². The highest BCUT2D eigenvalue weighted by molar-refractivity contribution is 7.26. The molecule has 0 radical (unpaired) electrons. The third-order valence-corrected chi connectivity index (χ3v) is 13.6. The van der Waals surface area contributed by atoms with Crippen molar-refractivity contribution in [3.8, 4) is 0 Å². The first-order valence-electron chi connectivity index (χ1n) is 9.52. The lowest BCUT2D eigenvalue weighted by Crippen LogP contribution is -2.55. The van der Waals surface area contributed by atoms with Crippen LogP contribution in [-0.4, -0.2) is 38.1 Å². The second-order valence-electron chi connectivity index (χ2n) is 6.38. The van der Waals surface area contributed by atoms with E-state index in [9.17, 15) is 0 Å². The molecule has 2 aromatic rings. The van der Waals surface area contributed by atoms with E-state index in [0.29, 0.717) is 19.8 Å². The van der Waals surface area contributed by atoms with E-state index in [2.05, 4.69) is 43.5 Å². The highest BCUT2D eigenvalue weighted by Crippen LogP contribution is 2.39. The van der Waals surface area contributed by atoms with Crippen molar-refractivity contribution >= 4 is 55.9 Å². The van der Waals surface area contributed by atoms with Gasteiger partial charge in [-0.25, -0.2) is 0 Å². The summed E-state index contributed by atoms with van der Waals surface area (Å²) in [6.45, 7) is 12.4. The molecule has 27 heavy (non-hydrogen) atoms. The van der Waals surface area contributed by atoms with E-state index in [-0.39, 0.29) is 0 Å². The predicted molar refractivity (Wildman–Crippen MR) is 123 cm³/mol. The summed E-state index contributed by atoms with van der Waals surface area (Å²) in [6.07, 6.45) is 0. The first kappa shape index (κ1) is 20.9. The molecular weight excluding hydrogens is 409 g/mol. The SMILES string of the molecule is CCO[Si](OCC)(OCC)c1ccc(C2=C(C)C(C)=C(c3cccs3)[SiH2]2)s1. The minimum absolute atomic E-state index is 0.483. The van der Waals surface area contributed by atoms with Crippen molar-refractivity contribution in [3.63, 3.8) is 0 Å². The van der Waals surface area contributed by atoms with E-state index in [1.54, 1.807) is 21.7 Å². The van der Waals surface area contributed by atoms with Gasteiger partial charge in [-0.3, -0.25) is 0 Å². The standard InChI is InChI=1S/C20H28O3S2Si2/c1-6-21-27(22-7-2,23-8-3)18-12-11-17(25-18)20-15(5)14(4)19(26-20)16-10-9-13-24-16/h9-13H,6-8,26H2,1-5H3. The Labute approximate surface area is 173 Å². The summed E-state index contributed by atoms with van der Waals surface area (Å²) in [6, 6.07) is 8.82. The van der Waals surface area contributed by atoms with Gasteiger partial charge in [0.25, 0.3) is 0 Å². The van der Waals surface area contributed by atoms with Crippen molar-refractivity contribution in [2.75, 3.05) is 19.8 Å². The van der Waals surface area contributed by atoms with Crippen LogP contribution in [0.1, 0.15) is 44.4 Å². The van der Waals surface area contributed by atoms with Crippen molar-refractivity contribution < 1.29 is 13.3 Å². The van der Waals surface area contributed by atoms with E-state index < -0.39 is 18.3 Å². The molecule has 0 fully saturated rings. The summed E-state index contributed by atoms with van der Waals surface area (Å²) < 4.78 is 19.4. The highest BCUT2D eigenvalue weighted by Gasteiger charge is 2.45. The number of rotatable bonds is 9. The van der Waals surface area contributed by atoms with Crippen LogP contribution in [0.2, 0.25) is 0 Å². The van der Waals surface area contributed by atoms with Crippen molar-refractivity contribution in [3.05, 3.63) is 50.5 Å². The molecule has 0 saturated heterocycles. The van der Waals surface area contributed by atoms with Crippen molar-refractivity contribution in [1.29, 1.82) is 0 Å². The molecule has 3 rings (SSSR count). The Bertz CT molecular complexity index is 820. The van der Waals surface area contributed by atoms with Crippen LogP contribution in [0.4, 0.5) is 0 Å². The fourth-order valence-electron chi connectivity index (χ4n) is 3.46. The fourth-order valence-corrected chi connectivity index (χ4v) is 11.4. The van der Waals surface area contributed by atoms with Crippen LogP contribution >= 0.6 is 22.7 Å². The Hall–Kier alpha value is -0.806. The molecule has 0 spiro atoms. The summed E-state index contributed by atoms with van der Waals surface area (Å²) in [5, 5.41) is 5.32. The number of hydrogen-bond donors (Lipinski definition) is 0. The lowest BCUT2D eigenvalue weighted by molar-refractivity contribution is 0.0866. The Morgan fingerprint density at radius 3 is 1.96 bits per heavy atom. The van der Waals surface area contributed by atoms with Gasteiger partial charge in [-0.15, -0.1) is 22.7 Å². The number of thiophene rings is 2. The predicted octanol–water partition coefficient (Wildman–Crippen LogP) is 4.41. The molecule has 7 heteroatoms. The molecule has 0 amide bonds. The highest BCUT2D eigenvalue weighted by atomic mass is 32.1. The van der Waals surface area contributed by atoms with Gasteiger partial charge in [-0.2, -0.15) is 0 Å². The van der Waals surface area contributed by atoms with Crippen LogP contribution in [0, 0.1) is 0 Å². The first-order chi connectivity index (χ1) is 13.1. The maximum Gasteiger partial charge on any atom is 0.547 e. The maximum atomic E-state index is 6.09. The van der Waals surface area contributed by atoms with E-state index in [1.165, 1.54) is 20.9 Å². The van der Waals surface area contributed by atoms with Crippen molar-refractivity contribution in [2.24, 2.45) is 0 Å². The quantitative estimate of drug-likeness (QED) is 0.545. The lowest BCUT2D eigenvalue weighted by atomic mass is 10.1. The third kappa shape index (κ3) is 4.14. The third-order valence-electron chi connectivity index (χ3n) is 4.85. The second kappa shape index (κ2) is 9.13. The molecule has 0 unspecified atom stereocenters. The molecule has 0 aromatic carbocycles. The largest absolute Gasteiger partial charge is 0.547 e. The Morgan fingerprint density at radius 2 is 1.44 bits per heavy atom.